The number of halogens is 2. The summed E-state index contributed by atoms with van der Waals surface area (Å²) < 4.78 is 25.9. The van der Waals surface area contributed by atoms with Gasteiger partial charge in [0.1, 0.15) is 0 Å². The van der Waals surface area contributed by atoms with E-state index in [0.29, 0.717) is 5.56 Å². The number of hydrogen-bond acceptors (Lipinski definition) is 4. The Morgan fingerprint density at radius 1 is 1.65 bits per heavy atom. The number of rotatable bonds is 4. The number of benzene rings is 1. The number of carboxylic acid groups (broad SMARTS) is 1. The number of hydrogen-bond donors (Lipinski definition) is 2. The Balaban J connectivity index is 2.56. The van der Waals surface area contributed by atoms with Crippen LogP contribution in [0.1, 0.15) is 25.0 Å². The van der Waals surface area contributed by atoms with E-state index in [4.69, 9.17) is 18.6 Å². The molecule has 3 N–H and O–H groups in total. The molecule has 1 atom stereocenters. The molecule has 112 valence electrons. The van der Waals surface area contributed by atoms with Crippen molar-refractivity contribution in [2.24, 2.45) is 5.73 Å². The van der Waals surface area contributed by atoms with Crippen LogP contribution in [0.2, 0.25) is 0 Å². The maximum atomic E-state index is 14.1. The summed E-state index contributed by atoms with van der Waals surface area (Å²) in [7, 11) is 1.36. The monoisotopic (exact) mass is 396 g/mol. The van der Waals surface area contributed by atoms with Crippen molar-refractivity contribution < 1.29 is 43.7 Å². The number of carboxylic acids is 1. The zero-order valence-corrected chi connectivity index (χ0v) is 13.5. The average molecular weight is 396 g/mol. The van der Waals surface area contributed by atoms with E-state index < -0.39 is 45.0 Å². The van der Waals surface area contributed by atoms with Crippen molar-refractivity contribution in [3.8, 4) is 5.75 Å². The number of fused-ring (bicyclic) bond motifs is 1. The summed E-state index contributed by atoms with van der Waals surface area (Å²) in [6.07, 6.45) is 0.0256. The van der Waals surface area contributed by atoms with Crippen molar-refractivity contribution in [2.75, 3.05) is 7.11 Å². The van der Waals surface area contributed by atoms with Crippen LogP contribution in [0.25, 0.3) is 0 Å². The molecule has 0 aliphatic carbocycles. The van der Waals surface area contributed by atoms with Gasteiger partial charge < -0.3 is 0 Å². The molecule has 0 bridgehead atoms. The standard InChI is InChI=1S/C13H16FINO4/c1-13(2)7-5-8(14)11(19-3)6(10(7)15-20-13)4-9(16)12(17)18/h5,9H,4,16H2,1-3H3,(H,17,18)/q-1. The van der Waals surface area contributed by atoms with Gasteiger partial charge in [-0.05, 0) is 0 Å². The minimum atomic E-state index is -1.12. The van der Waals surface area contributed by atoms with Gasteiger partial charge in [0.05, 0.1) is 0 Å². The molecule has 2 rings (SSSR count). The van der Waals surface area contributed by atoms with Crippen LogP contribution in [-0.4, -0.2) is 24.2 Å². The van der Waals surface area contributed by atoms with E-state index in [9.17, 15) is 9.18 Å². The van der Waals surface area contributed by atoms with Crippen LogP contribution in [0.4, 0.5) is 4.39 Å². The third kappa shape index (κ3) is 2.61. The Bertz CT molecular complexity index is 562. The quantitative estimate of drug-likeness (QED) is 0.589. The number of ether oxygens (including phenoxy) is 1. The third-order valence-corrected chi connectivity index (χ3v) is 6.16. The first kappa shape index (κ1) is 15.5. The van der Waals surface area contributed by atoms with Gasteiger partial charge in [0.25, 0.3) is 0 Å². The van der Waals surface area contributed by atoms with E-state index in [1.54, 1.807) is 0 Å². The predicted octanol–water partition coefficient (Wildman–Crippen LogP) is -1.77. The van der Waals surface area contributed by atoms with Crippen LogP contribution in [0.3, 0.4) is 0 Å². The maximum absolute atomic E-state index is 14.1. The van der Waals surface area contributed by atoms with E-state index >= 15 is 0 Å². The molecular weight excluding hydrogens is 380 g/mol. The van der Waals surface area contributed by atoms with Crippen LogP contribution >= 0.6 is 0 Å². The molecular formula is C13H16FINO4-. The Morgan fingerprint density at radius 3 is 2.85 bits per heavy atom. The molecule has 0 saturated heterocycles. The van der Waals surface area contributed by atoms with Crippen LogP contribution in [0.15, 0.2) is 6.07 Å². The molecule has 1 aromatic carbocycles. The second kappa shape index (κ2) is 5.45. The molecule has 5 nitrogen and oxygen atoms in total. The SMILES string of the molecule is COc1c(F)cc2c(c1CC(N)C(=O)O)[I-]OC2(C)C. The minimum absolute atomic E-state index is 0.0256. The molecule has 0 fully saturated rings. The summed E-state index contributed by atoms with van der Waals surface area (Å²) >= 11 is -0.772. The molecule has 0 aromatic heterocycles. The van der Waals surface area contributed by atoms with Crippen LogP contribution in [0, 0.1) is 9.39 Å². The van der Waals surface area contributed by atoms with Crippen molar-refractivity contribution in [2.45, 2.75) is 31.9 Å². The molecule has 0 amide bonds. The van der Waals surface area contributed by atoms with Gasteiger partial charge in [-0.15, -0.1) is 0 Å². The average Bonchev–Trinajstić information content (AvgIpc) is 2.65. The van der Waals surface area contributed by atoms with E-state index in [2.05, 4.69) is 0 Å². The van der Waals surface area contributed by atoms with Crippen LogP contribution in [-0.2, 0) is 19.9 Å². The van der Waals surface area contributed by atoms with Crippen LogP contribution in [0.5, 0.6) is 5.75 Å². The topological polar surface area (TPSA) is 81.8 Å². The number of nitrogens with two attached hydrogens (primary N) is 1. The summed E-state index contributed by atoms with van der Waals surface area (Å²) in [5.74, 6) is -1.57. The molecule has 1 heterocycles. The zero-order valence-electron chi connectivity index (χ0n) is 11.4. The van der Waals surface area contributed by atoms with Crippen molar-refractivity contribution in [3.05, 3.63) is 26.6 Å². The second-order valence-electron chi connectivity index (χ2n) is 5.05. The summed E-state index contributed by atoms with van der Waals surface area (Å²) in [6, 6.07) is 0.318. The predicted molar refractivity (Wildman–Crippen MR) is 65.1 cm³/mol. The van der Waals surface area contributed by atoms with E-state index in [-0.39, 0.29) is 12.2 Å². The van der Waals surface area contributed by atoms with E-state index in [0.717, 1.165) is 9.13 Å². The zero-order chi connectivity index (χ0) is 15.1. The number of methoxy groups -OCH3 is 1. The van der Waals surface area contributed by atoms with Gasteiger partial charge in [-0.25, -0.2) is 0 Å². The molecule has 20 heavy (non-hydrogen) atoms. The molecule has 1 aliphatic heterocycles. The van der Waals surface area contributed by atoms with Gasteiger partial charge in [-0.2, -0.15) is 0 Å². The van der Waals surface area contributed by atoms with Crippen molar-refractivity contribution in [1.29, 1.82) is 0 Å². The first-order valence-electron chi connectivity index (χ1n) is 5.99. The first-order chi connectivity index (χ1) is 9.27. The molecule has 0 radical (unpaired) electrons. The van der Waals surface area contributed by atoms with E-state index in [1.807, 2.05) is 13.8 Å². The molecule has 1 aliphatic rings. The summed E-state index contributed by atoms with van der Waals surface area (Å²) in [6.45, 7) is 3.73. The summed E-state index contributed by atoms with van der Waals surface area (Å²) in [5, 5.41) is 8.95. The van der Waals surface area contributed by atoms with Gasteiger partial charge in [0.2, 0.25) is 0 Å². The van der Waals surface area contributed by atoms with Gasteiger partial charge in [-0.3, -0.25) is 0 Å². The fourth-order valence-electron chi connectivity index (χ4n) is 2.08. The molecule has 7 heteroatoms. The summed E-state index contributed by atoms with van der Waals surface area (Å²) in [5.41, 5.74) is 6.30. The Kier molecular flexibility index (Phi) is 4.22. The van der Waals surface area contributed by atoms with Gasteiger partial charge in [-0.1, -0.05) is 0 Å². The molecule has 0 spiro atoms. The Hall–Kier alpha value is -0.930. The number of aliphatic carboxylic acids is 1. The first-order valence-corrected chi connectivity index (χ1v) is 7.95. The van der Waals surface area contributed by atoms with Gasteiger partial charge in [0.15, 0.2) is 0 Å². The second-order valence-corrected chi connectivity index (χ2v) is 7.00. The fourth-order valence-corrected chi connectivity index (χ4v) is 4.86. The third-order valence-electron chi connectivity index (χ3n) is 3.17. The van der Waals surface area contributed by atoms with Crippen molar-refractivity contribution >= 4 is 5.97 Å². The van der Waals surface area contributed by atoms with Crippen molar-refractivity contribution in [1.82, 2.24) is 0 Å². The molecule has 1 aromatic rings. The van der Waals surface area contributed by atoms with E-state index in [1.165, 1.54) is 13.2 Å². The molecule has 1 unspecified atom stereocenters. The fraction of sp³-hybridized carbons (Fsp3) is 0.462. The van der Waals surface area contributed by atoms with Crippen LogP contribution < -0.4 is 32.1 Å². The van der Waals surface area contributed by atoms with Crippen molar-refractivity contribution in [3.63, 3.8) is 0 Å². The van der Waals surface area contributed by atoms with Gasteiger partial charge >= 0.3 is 127 Å². The Labute approximate surface area is 127 Å². The molecule has 0 saturated carbocycles. The normalized spacial score (nSPS) is 18.1. The Morgan fingerprint density at radius 2 is 2.30 bits per heavy atom. The van der Waals surface area contributed by atoms with Gasteiger partial charge in [0, 0.05) is 0 Å². The summed E-state index contributed by atoms with van der Waals surface area (Å²) in [4.78, 5) is 10.9. The number of carbonyl (C=O) groups is 1.